The Morgan fingerprint density at radius 3 is 2.16 bits per heavy atom. The summed E-state index contributed by atoms with van der Waals surface area (Å²) < 4.78 is 27.2. The summed E-state index contributed by atoms with van der Waals surface area (Å²) in [6.07, 6.45) is 2.40. The highest BCUT2D eigenvalue weighted by Crippen LogP contribution is 2.32. The number of piperazine rings is 1. The smallest absolute Gasteiger partial charge is 0.246 e. The highest BCUT2D eigenvalue weighted by atomic mass is 35.5. The molecule has 0 radical (unpaired) electrons. The molecule has 0 spiro atoms. The van der Waals surface area contributed by atoms with Crippen molar-refractivity contribution in [3.8, 4) is 0 Å². The predicted octanol–water partition coefficient (Wildman–Crippen LogP) is 2.72. The highest BCUT2D eigenvalue weighted by molar-refractivity contribution is 7.89. The first-order valence-corrected chi connectivity index (χ1v) is 10.6. The van der Waals surface area contributed by atoms with Crippen LogP contribution in [0, 0.1) is 5.92 Å². The van der Waals surface area contributed by atoms with E-state index in [1.807, 2.05) is 0 Å². The van der Waals surface area contributed by atoms with Crippen molar-refractivity contribution in [3.05, 3.63) is 28.2 Å². The van der Waals surface area contributed by atoms with E-state index in [1.54, 1.807) is 18.2 Å². The number of hydrogen-bond acceptors (Lipinski definition) is 4. The second-order valence-corrected chi connectivity index (χ2v) is 9.14. The van der Waals surface area contributed by atoms with Crippen molar-refractivity contribution in [2.75, 3.05) is 45.8 Å². The maximum absolute atomic E-state index is 12.9. The van der Waals surface area contributed by atoms with Crippen LogP contribution in [-0.2, 0) is 10.0 Å². The Morgan fingerprint density at radius 2 is 1.60 bits per heavy atom. The van der Waals surface area contributed by atoms with Crippen LogP contribution < -0.4 is 5.32 Å². The van der Waals surface area contributed by atoms with E-state index < -0.39 is 10.0 Å². The van der Waals surface area contributed by atoms with Gasteiger partial charge in [-0.15, -0.1) is 12.4 Å². The highest BCUT2D eigenvalue weighted by Gasteiger charge is 2.32. The second-order valence-electron chi connectivity index (χ2n) is 6.45. The SMILES string of the molecule is Cl.O=S(=O)(c1c(Cl)cccc1Cl)N1CCN(CC2CCNCC2)CC1. The van der Waals surface area contributed by atoms with Gasteiger partial charge >= 0.3 is 0 Å². The molecule has 0 bridgehead atoms. The largest absolute Gasteiger partial charge is 0.317 e. The number of piperidine rings is 1. The van der Waals surface area contributed by atoms with Gasteiger partial charge in [0, 0.05) is 32.7 Å². The average Bonchev–Trinajstić information content (AvgIpc) is 2.56. The van der Waals surface area contributed by atoms with Crippen molar-refractivity contribution in [3.63, 3.8) is 0 Å². The number of halogens is 3. The van der Waals surface area contributed by atoms with E-state index in [1.165, 1.54) is 17.1 Å². The van der Waals surface area contributed by atoms with Crippen molar-refractivity contribution < 1.29 is 8.42 Å². The molecule has 0 aromatic heterocycles. The third-order valence-corrected chi connectivity index (χ3v) is 7.68. The molecular weight excluding hydrogens is 405 g/mol. The zero-order valence-electron chi connectivity index (χ0n) is 14.0. The number of sulfonamides is 1. The van der Waals surface area contributed by atoms with Gasteiger partial charge in [0.1, 0.15) is 4.90 Å². The predicted molar refractivity (Wildman–Crippen MR) is 105 cm³/mol. The maximum Gasteiger partial charge on any atom is 0.246 e. The first-order valence-electron chi connectivity index (χ1n) is 8.36. The first kappa shape index (κ1) is 21.2. The summed E-state index contributed by atoms with van der Waals surface area (Å²) >= 11 is 12.2. The van der Waals surface area contributed by atoms with Crippen molar-refractivity contribution in [1.29, 1.82) is 0 Å². The summed E-state index contributed by atoms with van der Waals surface area (Å²) in [5.41, 5.74) is 0. The molecule has 1 aromatic rings. The average molecular weight is 429 g/mol. The van der Waals surface area contributed by atoms with Crippen LogP contribution in [0.3, 0.4) is 0 Å². The number of rotatable bonds is 4. The Kier molecular flexibility index (Phi) is 7.83. The molecule has 1 aromatic carbocycles. The molecule has 2 aliphatic heterocycles. The number of benzene rings is 1. The third kappa shape index (κ3) is 5.01. The minimum atomic E-state index is -3.65. The summed E-state index contributed by atoms with van der Waals surface area (Å²) in [4.78, 5) is 2.40. The molecule has 2 saturated heterocycles. The van der Waals surface area contributed by atoms with E-state index in [-0.39, 0.29) is 27.3 Å². The van der Waals surface area contributed by atoms with Gasteiger partial charge in [-0.25, -0.2) is 8.42 Å². The van der Waals surface area contributed by atoms with Crippen LogP contribution in [0.15, 0.2) is 23.1 Å². The van der Waals surface area contributed by atoms with Gasteiger partial charge in [-0.3, -0.25) is 0 Å². The summed E-state index contributed by atoms with van der Waals surface area (Å²) in [5, 5.41) is 3.74. The molecule has 3 rings (SSSR count). The van der Waals surface area contributed by atoms with Gasteiger partial charge < -0.3 is 10.2 Å². The normalized spacial score (nSPS) is 21.0. The zero-order chi connectivity index (χ0) is 17.2. The van der Waals surface area contributed by atoms with E-state index >= 15 is 0 Å². The van der Waals surface area contributed by atoms with Gasteiger partial charge in [-0.05, 0) is 44.0 Å². The van der Waals surface area contributed by atoms with Crippen LogP contribution in [0.2, 0.25) is 10.0 Å². The molecule has 0 amide bonds. The summed E-state index contributed by atoms with van der Waals surface area (Å²) in [7, 11) is -3.65. The zero-order valence-corrected chi connectivity index (χ0v) is 17.1. The lowest BCUT2D eigenvalue weighted by Gasteiger charge is -2.36. The van der Waals surface area contributed by atoms with Gasteiger partial charge in [0.05, 0.1) is 10.0 Å². The Morgan fingerprint density at radius 1 is 1.04 bits per heavy atom. The maximum atomic E-state index is 12.9. The van der Waals surface area contributed by atoms with Crippen LogP contribution in [0.25, 0.3) is 0 Å². The summed E-state index contributed by atoms with van der Waals surface area (Å²) in [6.45, 7) is 5.70. The van der Waals surface area contributed by atoms with Crippen LogP contribution in [0.5, 0.6) is 0 Å². The Hall–Kier alpha value is -0.0800. The quantitative estimate of drug-likeness (QED) is 0.801. The number of nitrogens with zero attached hydrogens (tertiary/aromatic N) is 2. The van der Waals surface area contributed by atoms with E-state index in [9.17, 15) is 8.42 Å². The van der Waals surface area contributed by atoms with Gasteiger partial charge in [-0.1, -0.05) is 29.3 Å². The minimum Gasteiger partial charge on any atom is -0.317 e. The van der Waals surface area contributed by atoms with Crippen LogP contribution in [0.4, 0.5) is 0 Å². The van der Waals surface area contributed by atoms with Crippen LogP contribution in [-0.4, -0.2) is 63.4 Å². The second kappa shape index (κ2) is 9.22. The summed E-state index contributed by atoms with van der Waals surface area (Å²) in [5.74, 6) is 0.715. The van der Waals surface area contributed by atoms with Gasteiger partial charge in [0.15, 0.2) is 0 Å². The monoisotopic (exact) mass is 427 g/mol. The summed E-state index contributed by atoms with van der Waals surface area (Å²) in [6, 6.07) is 4.78. The standard InChI is InChI=1S/C16H23Cl2N3O2S.ClH/c17-14-2-1-3-15(18)16(14)24(22,23)21-10-8-20(9-11-21)12-13-4-6-19-7-5-13;/h1-3,13,19H,4-12H2;1H. The molecule has 5 nitrogen and oxygen atoms in total. The van der Waals surface area contributed by atoms with Crippen molar-refractivity contribution in [2.24, 2.45) is 5.92 Å². The van der Waals surface area contributed by atoms with Crippen molar-refractivity contribution in [1.82, 2.24) is 14.5 Å². The van der Waals surface area contributed by atoms with Crippen LogP contribution >= 0.6 is 35.6 Å². The van der Waals surface area contributed by atoms with Crippen molar-refractivity contribution in [2.45, 2.75) is 17.7 Å². The van der Waals surface area contributed by atoms with Gasteiger partial charge in [0.25, 0.3) is 0 Å². The molecule has 2 fully saturated rings. The molecule has 2 heterocycles. The first-order chi connectivity index (χ1) is 11.5. The van der Waals surface area contributed by atoms with E-state index in [0.717, 1.165) is 32.7 Å². The fourth-order valence-corrected chi connectivity index (χ4v) is 5.95. The molecule has 142 valence electrons. The van der Waals surface area contributed by atoms with E-state index in [0.29, 0.717) is 19.0 Å². The topological polar surface area (TPSA) is 52.7 Å². The molecule has 2 aliphatic rings. The van der Waals surface area contributed by atoms with Crippen LogP contribution in [0.1, 0.15) is 12.8 Å². The molecule has 9 heteroatoms. The van der Waals surface area contributed by atoms with Gasteiger partial charge in [0.2, 0.25) is 10.0 Å². The van der Waals surface area contributed by atoms with Crippen molar-refractivity contribution >= 4 is 45.6 Å². The molecule has 0 saturated carbocycles. The lowest BCUT2D eigenvalue weighted by atomic mass is 9.97. The van der Waals surface area contributed by atoms with Gasteiger partial charge in [-0.2, -0.15) is 4.31 Å². The Bertz CT molecular complexity index is 653. The van der Waals surface area contributed by atoms with E-state index in [2.05, 4.69) is 10.2 Å². The Labute approximate surface area is 166 Å². The molecule has 0 aliphatic carbocycles. The molecule has 0 unspecified atom stereocenters. The Balaban J connectivity index is 0.00000225. The molecular formula is C16H24Cl3N3O2S. The third-order valence-electron chi connectivity index (χ3n) is 4.82. The lowest BCUT2D eigenvalue weighted by Crippen LogP contribution is -2.50. The molecule has 0 atom stereocenters. The lowest BCUT2D eigenvalue weighted by molar-refractivity contribution is 0.152. The fourth-order valence-electron chi connectivity index (χ4n) is 3.44. The minimum absolute atomic E-state index is 0. The van der Waals surface area contributed by atoms with E-state index in [4.69, 9.17) is 23.2 Å². The number of hydrogen-bond donors (Lipinski definition) is 1. The number of nitrogens with one attached hydrogen (secondary N) is 1. The molecule has 1 N–H and O–H groups in total. The molecule has 25 heavy (non-hydrogen) atoms. The fraction of sp³-hybridized carbons (Fsp3) is 0.625.